The summed E-state index contributed by atoms with van der Waals surface area (Å²) in [6.45, 7) is 4.40. The van der Waals surface area contributed by atoms with Crippen molar-refractivity contribution in [2.75, 3.05) is 19.7 Å². The van der Waals surface area contributed by atoms with Gasteiger partial charge in [-0.1, -0.05) is 6.08 Å². The van der Waals surface area contributed by atoms with Gasteiger partial charge in [0.15, 0.2) is 0 Å². The molecule has 1 aliphatic carbocycles. The molecule has 0 aromatic heterocycles. The minimum absolute atomic E-state index is 0.00801. The number of urea groups is 1. The molecule has 74 valence electrons. The highest BCUT2D eigenvalue weighted by Crippen LogP contribution is 2.18. The predicted octanol–water partition coefficient (Wildman–Crippen LogP) is 0.339. The third-order valence-electron chi connectivity index (χ3n) is 1.91. The second-order valence-electron chi connectivity index (χ2n) is 3.18. The molecule has 0 spiro atoms. The second kappa shape index (κ2) is 4.87. The highest BCUT2D eigenvalue weighted by molar-refractivity contribution is 5.75. The number of hydrogen-bond donors (Lipinski definition) is 2. The van der Waals surface area contributed by atoms with E-state index in [4.69, 9.17) is 5.11 Å². The molecular formula is C9H16N2O2. The van der Waals surface area contributed by atoms with E-state index < -0.39 is 0 Å². The van der Waals surface area contributed by atoms with Crippen molar-refractivity contribution in [3.8, 4) is 0 Å². The number of aliphatic hydroxyl groups excluding tert-OH is 1. The van der Waals surface area contributed by atoms with E-state index in [2.05, 4.69) is 11.9 Å². The van der Waals surface area contributed by atoms with E-state index in [0.717, 1.165) is 12.8 Å². The fourth-order valence-electron chi connectivity index (χ4n) is 1.05. The summed E-state index contributed by atoms with van der Waals surface area (Å²) in [6, 6.07) is 0.259. The molecule has 0 heterocycles. The van der Waals surface area contributed by atoms with Gasteiger partial charge in [-0.2, -0.15) is 0 Å². The number of rotatable bonds is 5. The fraction of sp³-hybridized carbons (Fsp3) is 0.667. The summed E-state index contributed by atoms with van der Waals surface area (Å²) < 4.78 is 0. The molecule has 1 saturated carbocycles. The van der Waals surface area contributed by atoms with Gasteiger partial charge in [-0.05, 0) is 12.8 Å². The van der Waals surface area contributed by atoms with Gasteiger partial charge >= 0.3 is 6.03 Å². The van der Waals surface area contributed by atoms with Gasteiger partial charge in [0, 0.05) is 19.1 Å². The maximum Gasteiger partial charge on any atom is 0.317 e. The number of carbonyl (C=O) groups excluding carboxylic acids is 1. The minimum Gasteiger partial charge on any atom is -0.395 e. The Morgan fingerprint density at radius 2 is 2.38 bits per heavy atom. The number of carbonyl (C=O) groups is 1. The van der Waals surface area contributed by atoms with Crippen LogP contribution in [0.3, 0.4) is 0 Å². The van der Waals surface area contributed by atoms with Crippen LogP contribution in [-0.4, -0.2) is 41.8 Å². The summed E-state index contributed by atoms with van der Waals surface area (Å²) in [5.74, 6) is 0. The molecule has 1 rings (SSSR count). The lowest BCUT2D eigenvalue weighted by molar-refractivity contribution is 0.183. The van der Waals surface area contributed by atoms with Crippen LogP contribution in [0.2, 0.25) is 0 Å². The summed E-state index contributed by atoms with van der Waals surface area (Å²) >= 11 is 0. The van der Waals surface area contributed by atoms with Gasteiger partial charge in [-0.15, -0.1) is 6.58 Å². The van der Waals surface area contributed by atoms with Gasteiger partial charge in [0.05, 0.1) is 6.61 Å². The first-order valence-corrected chi connectivity index (χ1v) is 4.55. The summed E-state index contributed by atoms with van der Waals surface area (Å²) in [5.41, 5.74) is 0. The van der Waals surface area contributed by atoms with Gasteiger partial charge < -0.3 is 15.3 Å². The molecule has 0 aliphatic heterocycles. The van der Waals surface area contributed by atoms with Crippen molar-refractivity contribution in [1.82, 2.24) is 10.2 Å². The summed E-state index contributed by atoms with van der Waals surface area (Å²) in [7, 11) is 0. The number of nitrogens with zero attached hydrogens (tertiary/aromatic N) is 1. The quantitative estimate of drug-likeness (QED) is 0.605. The first-order valence-electron chi connectivity index (χ1n) is 4.55. The molecule has 0 aromatic rings. The standard InChI is InChI=1S/C9H16N2O2/c1-2-5-11(6-7-12)9(13)10-8-3-4-8/h2,8,12H,1,3-7H2,(H,10,13). The number of amides is 2. The molecule has 0 radical (unpaired) electrons. The molecule has 4 nitrogen and oxygen atoms in total. The molecule has 0 unspecified atom stereocenters. The Hall–Kier alpha value is -1.03. The van der Waals surface area contributed by atoms with Gasteiger partial charge in [-0.3, -0.25) is 0 Å². The lowest BCUT2D eigenvalue weighted by Crippen LogP contribution is -2.42. The van der Waals surface area contributed by atoms with Gasteiger partial charge in [-0.25, -0.2) is 4.79 Å². The van der Waals surface area contributed by atoms with E-state index in [0.29, 0.717) is 19.1 Å². The van der Waals surface area contributed by atoms with Crippen molar-refractivity contribution in [3.63, 3.8) is 0 Å². The SMILES string of the molecule is C=CCN(CCO)C(=O)NC1CC1. The Balaban J connectivity index is 2.31. The lowest BCUT2D eigenvalue weighted by atomic mass is 10.5. The predicted molar refractivity (Wildman–Crippen MR) is 50.4 cm³/mol. The number of hydrogen-bond acceptors (Lipinski definition) is 2. The Morgan fingerprint density at radius 1 is 1.69 bits per heavy atom. The van der Waals surface area contributed by atoms with Crippen LogP contribution in [-0.2, 0) is 0 Å². The Morgan fingerprint density at radius 3 is 2.85 bits per heavy atom. The molecule has 2 N–H and O–H groups in total. The van der Waals surface area contributed by atoms with Crippen LogP contribution in [0.25, 0.3) is 0 Å². The number of nitrogens with one attached hydrogen (secondary N) is 1. The largest absolute Gasteiger partial charge is 0.395 e. The maximum atomic E-state index is 11.4. The molecule has 2 amide bonds. The zero-order valence-corrected chi connectivity index (χ0v) is 7.70. The van der Waals surface area contributed by atoms with E-state index in [1.807, 2.05) is 0 Å². The van der Waals surface area contributed by atoms with Crippen LogP contribution in [0.4, 0.5) is 4.79 Å². The van der Waals surface area contributed by atoms with Crippen LogP contribution < -0.4 is 5.32 Å². The Kier molecular flexibility index (Phi) is 3.76. The minimum atomic E-state index is -0.101. The first-order chi connectivity index (χ1) is 6.27. The first kappa shape index (κ1) is 10.1. The smallest absolute Gasteiger partial charge is 0.317 e. The molecular weight excluding hydrogens is 168 g/mol. The molecule has 0 bridgehead atoms. The van der Waals surface area contributed by atoms with E-state index >= 15 is 0 Å². The average molecular weight is 184 g/mol. The molecule has 1 aliphatic rings. The van der Waals surface area contributed by atoms with Crippen molar-refractivity contribution in [2.24, 2.45) is 0 Å². The van der Waals surface area contributed by atoms with E-state index in [9.17, 15) is 4.79 Å². The van der Waals surface area contributed by atoms with Crippen molar-refractivity contribution < 1.29 is 9.90 Å². The molecule has 0 atom stereocenters. The molecule has 1 fully saturated rings. The average Bonchev–Trinajstić information content (AvgIpc) is 2.88. The molecule has 0 aromatic carbocycles. The third kappa shape index (κ3) is 3.46. The van der Waals surface area contributed by atoms with Crippen LogP contribution in [0, 0.1) is 0 Å². The van der Waals surface area contributed by atoms with E-state index in [1.165, 1.54) is 0 Å². The van der Waals surface area contributed by atoms with Crippen LogP contribution in [0.1, 0.15) is 12.8 Å². The van der Waals surface area contributed by atoms with Gasteiger partial charge in [0.1, 0.15) is 0 Å². The van der Waals surface area contributed by atoms with Crippen molar-refractivity contribution >= 4 is 6.03 Å². The van der Waals surface area contributed by atoms with E-state index in [1.54, 1.807) is 11.0 Å². The van der Waals surface area contributed by atoms with Crippen molar-refractivity contribution in [2.45, 2.75) is 18.9 Å². The molecule has 4 heteroatoms. The summed E-state index contributed by atoms with van der Waals surface area (Å²) in [6.07, 6.45) is 3.81. The van der Waals surface area contributed by atoms with Crippen LogP contribution >= 0.6 is 0 Å². The normalized spacial score (nSPS) is 15.2. The monoisotopic (exact) mass is 184 g/mol. The third-order valence-corrected chi connectivity index (χ3v) is 1.91. The second-order valence-corrected chi connectivity index (χ2v) is 3.18. The molecule has 0 saturated heterocycles. The maximum absolute atomic E-state index is 11.4. The van der Waals surface area contributed by atoms with Crippen LogP contribution in [0.15, 0.2) is 12.7 Å². The van der Waals surface area contributed by atoms with Crippen molar-refractivity contribution in [3.05, 3.63) is 12.7 Å². The zero-order chi connectivity index (χ0) is 9.68. The highest BCUT2D eigenvalue weighted by Gasteiger charge is 2.25. The zero-order valence-electron chi connectivity index (χ0n) is 7.70. The lowest BCUT2D eigenvalue weighted by Gasteiger charge is -2.20. The Labute approximate surface area is 78.2 Å². The molecule has 13 heavy (non-hydrogen) atoms. The van der Waals surface area contributed by atoms with Gasteiger partial charge in [0.25, 0.3) is 0 Å². The fourth-order valence-corrected chi connectivity index (χ4v) is 1.05. The van der Waals surface area contributed by atoms with Gasteiger partial charge in [0.2, 0.25) is 0 Å². The summed E-state index contributed by atoms with van der Waals surface area (Å²) in [5, 5.41) is 11.6. The highest BCUT2D eigenvalue weighted by atomic mass is 16.3. The Bertz CT molecular complexity index is 190. The topological polar surface area (TPSA) is 52.6 Å². The number of aliphatic hydroxyl groups is 1. The van der Waals surface area contributed by atoms with E-state index in [-0.39, 0.29) is 12.6 Å². The van der Waals surface area contributed by atoms with Crippen molar-refractivity contribution in [1.29, 1.82) is 0 Å². The summed E-state index contributed by atoms with van der Waals surface area (Å²) in [4.78, 5) is 13.0. The van der Waals surface area contributed by atoms with Crippen LogP contribution in [0.5, 0.6) is 0 Å².